The minimum absolute atomic E-state index is 0. The van der Waals surface area contributed by atoms with Crippen LogP contribution in [0.4, 0.5) is 0 Å². The number of rotatable bonds is 3. The van der Waals surface area contributed by atoms with E-state index in [9.17, 15) is 0 Å². The van der Waals surface area contributed by atoms with E-state index in [0.717, 1.165) is 0 Å². The molecule has 1 radical (unpaired) electrons. The zero-order valence-electron chi connectivity index (χ0n) is 8.48. The molecule has 0 saturated carbocycles. The molecule has 0 aliphatic carbocycles. The average molecular weight is 230 g/mol. The van der Waals surface area contributed by atoms with Gasteiger partial charge >= 0.3 is 0 Å². The second kappa shape index (κ2) is 6.60. The Morgan fingerprint density at radius 1 is 1.27 bits per heavy atom. The summed E-state index contributed by atoms with van der Waals surface area (Å²) in [7, 11) is 0. The van der Waals surface area contributed by atoms with E-state index in [1.54, 1.807) is 0 Å². The molecule has 0 aromatic carbocycles. The summed E-state index contributed by atoms with van der Waals surface area (Å²) >= 11 is 0. The van der Waals surface area contributed by atoms with Crippen molar-refractivity contribution in [1.82, 2.24) is 0 Å². The molecule has 0 aliphatic heterocycles. The third-order valence-corrected chi connectivity index (χ3v) is 1.88. The van der Waals surface area contributed by atoms with Crippen LogP contribution in [0.5, 0.6) is 0 Å². The van der Waals surface area contributed by atoms with Crippen LogP contribution in [-0.2, 0) is 32.7 Å². The standard InChI is InChI=1S/C10H21.Y/c1-6-9(2)7-8-10(3,4)5;/h9H,2,6-8H2,1,3-5H3;/q-1;. The van der Waals surface area contributed by atoms with Crippen LogP contribution in [-0.4, -0.2) is 0 Å². The maximum Gasteiger partial charge on any atom is 0 e. The minimum Gasteiger partial charge on any atom is -0.340 e. The molecule has 0 aromatic rings. The largest absolute Gasteiger partial charge is 0.340 e. The van der Waals surface area contributed by atoms with E-state index in [2.05, 4.69) is 34.6 Å². The Balaban J connectivity index is 0. The van der Waals surface area contributed by atoms with Gasteiger partial charge in [-0.2, -0.15) is 5.92 Å². The summed E-state index contributed by atoms with van der Waals surface area (Å²) in [5.41, 5.74) is 0.491. The van der Waals surface area contributed by atoms with Gasteiger partial charge in [0.1, 0.15) is 0 Å². The van der Waals surface area contributed by atoms with Gasteiger partial charge in [-0.05, 0) is 5.41 Å². The van der Waals surface area contributed by atoms with Crippen molar-refractivity contribution >= 4 is 0 Å². The summed E-state index contributed by atoms with van der Waals surface area (Å²) in [4.78, 5) is 0. The van der Waals surface area contributed by atoms with Crippen molar-refractivity contribution in [2.45, 2.75) is 47.0 Å². The zero-order chi connectivity index (χ0) is 8.20. The van der Waals surface area contributed by atoms with Crippen molar-refractivity contribution in [3.63, 3.8) is 0 Å². The monoisotopic (exact) mass is 230 g/mol. The third-order valence-electron chi connectivity index (χ3n) is 1.88. The first-order valence-corrected chi connectivity index (χ1v) is 4.29. The van der Waals surface area contributed by atoms with Gasteiger partial charge in [0, 0.05) is 32.7 Å². The summed E-state index contributed by atoms with van der Waals surface area (Å²) in [6.45, 7) is 13.1. The Kier molecular flexibility index (Phi) is 8.77. The Labute approximate surface area is 97.4 Å². The summed E-state index contributed by atoms with van der Waals surface area (Å²) in [5.74, 6) is 0.666. The molecular formula is C10H21Y-. The smallest absolute Gasteiger partial charge is 0 e. The van der Waals surface area contributed by atoms with Gasteiger partial charge < -0.3 is 6.92 Å². The van der Waals surface area contributed by atoms with E-state index in [4.69, 9.17) is 0 Å². The molecule has 0 N–H and O–H groups in total. The van der Waals surface area contributed by atoms with Crippen molar-refractivity contribution in [3.8, 4) is 0 Å². The van der Waals surface area contributed by atoms with Gasteiger partial charge in [0.25, 0.3) is 0 Å². The van der Waals surface area contributed by atoms with Crippen LogP contribution in [0.3, 0.4) is 0 Å². The SMILES string of the molecule is [CH2-]C(CC)CCC(C)(C)C.[Y]. The van der Waals surface area contributed by atoms with Crippen LogP contribution in [0.25, 0.3) is 0 Å². The molecule has 1 atom stereocenters. The molecule has 0 aliphatic rings. The van der Waals surface area contributed by atoms with Gasteiger partial charge in [-0.1, -0.05) is 47.0 Å². The molecule has 0 heterocycles. The normalized spacial score (nSPS) is 13.9. The predicted octanol–water partition coefficient (Wildman–Crippen LogP) is 3.67. The van der Waals surface area contributed by atoms with E-state index in [1.165, 1.54) is 19.3 Å². The van der Waals surface area contributed by atoms with Gasteiger partial charge in [-0.3, -0.25) is 0 Å². The second-order valence-electron chi connectivity index (χ2n) is 4.37. The second-order valence-corrected chi connectivity index (χ2v) is 4.37. The van der Waals surface area contributed by atoms with Crippen molar-refractivity contribution in [2.24, 2.45) is 11.3 Å². The van der Waals surface area contributed by atoms with Crippen molar-refractivity contribution in [2.75, 3.05) is 0 Å². The van der Waals surface area contributed by atoms with E-state index in [-0.39, 0.29) is 32.7 Å². The van der Waals surface area contributed by atoms with E-state index in [0.29, 0.717) is 11.3 Å². The quantitative estimate of drug-likeness (QED) is 0.649. The van der Waals surface area contributed by atoms with Gasteiger partial charge in [0.15, 0.2) is 0 Å². The molecule has 1 unspecified atom stereocenters. The van der Waals surface area contributed by atoms with Gasteiger partial charge in [0.05, 0.1) is 0 Å². The molecule has 0 spiro atoms. The maximum atomic E-state index is 4.06. The number of hydrogen-bond donors (Lipinski definition) is 0. The van der Waals surface area contributed by atoms with Crippen LogP contribution in [0.15, 0.2) is 0 Å². The van der Waals surface area contributed by atoms with Crippen molar-refractivity contribution in [3.05, 3.63) is 6.92 Å². The zero-order valence-corrected chi connectivity index (χ0v) is 11.3. The Morgan fingerprint density at radius 3 is 2.00 bits per heavy atom. The molecule has 0 aromatic heterocycles. The Morgan fingerprint density at radius 2 is 1.73 bits per heavy atom. The van der Waals surface area contributed by atoms with Crippen LogP contribution >= 0.6 is 0 Å². The molecule has 0 rings (SSSR count). The molecule has 0 bridgehead atoms. The van der Waals surface area contributed by atoms with Crippen LogP contribution < -0.4 is 0 Å². The number of hydrogen-bond acceptors (Lipinski definition) is 0. The van der Waals surface area contributed by atoms with Crippen LogP contribution in [0.2, 0.25) is 0 Å². The fourth-order valence-electron chi connectivity index (χ4n) is 0.841. The van der Waals surface area contributed by atoms with Crippen LogP contribution in [0.1, 0.15) is 47.0 Å². The summed E-state index contributed by atoms with van der Waals surface area (Å²) in [6, 6.07) is 0. The first kappa shape index (κ1) is 14.6. The van der Waals surface area contributed by atoms with Gasteiger partial charge in [0.2, 0.25) is 0 Å². The molecule has 0 fully saturated rings. The average Bonchev–Trinajstić information content (AvgIpc) is 1.81. The summed E-state index contributed by atoms with van der Waals surface area (Å²) in [6.07, 6.45) is 3.80. The molecule has 0 saturated heterocycles. The van der Waals surface area contributed by atoms with Gasteiger partial charge in [-0.15, -0.1) is 0 Å². The fourth-order valence-corrected chi connectivity index (χ4v) is 0.841. The molecule has 1 heteroatoms. The van der Waals surface area contributed by atoms with Crippen LogP contribution in [0, 0.1) is 18.3 Å². The molecule has 0 nitrogen and oxygen atoms in total. The van der Waals surface area contributed by atoms with Crippen molar-refractivity contribution in [1.29, 1.82) is 0 Å². The molecule has 65 valence electrons. The first-order valence-electron chi connectivity index (χ1n) is 4.29. The Bertz CT molecular complexity index is 81.4. The third kappa shape index (κ3) is 11.1. The van der Waals surface area contributed by atoms with E-state index >= 15 is 0 Å². The molecule has 11 heavy (non-hydrogen) atoms. The van der Waals surface area contributed by atoms with Gasteiger partial charge in [-0.25, -0.2) is 0 Å². The first-order chi connectivity index (χ1) is 4.45. The predicted molar refractivity (Wildman–Crippen MR) is 47.8 cm³/mol. The molecule has 0 amide bonds. The summed E-state index contributed by atoms with van der Waals surface area (Å²) in [5, 5.41) is 0. The topological polar surface area (TPSA) is 0 Å². The Hall–Kier alpha value is 1.10. The molecular weight excluding hydrogens is 209 g/mol. The van der Waals surface area contributed by atoms with E-state index in [1.807, 2.05) is 0 Å². The fraction of sp³-hybridized carbons (Fsp3) is 0.900. The van der Waals surface area contributed by atoms with E-state index < -0.39 is 0 Å². The van der Waals surface area contributed by atoms with Crippen molar-refractivity contribution < 1.29 is 32.7 Å². The maximum absolute atomic E-state index is 4.06. The summed E-state index contributed by atoms with van der Waals surface area (Å²) < 4.78 is 0. The minimum atomic E-state index is 0.